The number of rotatable bonds is 6. The highest BCUT2D eigenvalue weighted by atomic mass is 35.5. The van der Waals surface area contributed by atoms with Crippen LogP contribution in [0.25, 0.3) is 11.4 Å². The van der Waals surface area contributed by atoms with Crippen LogP contribution in [0.2, 0.25) is 5.02 Å². The monoisotopic (exact) mass is 517 g/mol. The van der Waals surface area contributed by atoms with Crippen LogP contribution in [0.15, 0.2) is 53.1 Å². The zero-order valence-electron chi connectivity index (χ0n) is 18.4. The molecule has 0 bridgehead atoms. The van der Waals surface area contributed by atoms with Gasteiger partial charge in [0.2, 0.25) is 11.7 Å². The summed E-state index contributed by atoms with van der Waals surface area (Å²) in [5, 5.41) is 4.28. The Bertz CT molecular complexity index is 1130. The van der Waals surface area contributed by atoms with Gasteiger partial charge in [-0.1, -0.05) is 35.0 Å². The lowest BCUT2D eigenvalue weighted by Gasteiger charge is -2.35. The molecule has 1 aromatic heterocycles. The Morgan fingerprint density at radius 1 is 1.06 bits per heavy atom. The second kappa shape index (κ2) is 10.2. The molecule has 1 aliphatic rings. The summed E-state index contributed by atoms with van der Waals surface area (Å²) >= 11 is 5.85. The van der Waals surface area contributed by atoms with Gasteiger partial charge in [0.05, 0.1) is 11.5 Å². The van der Waals surface area contributed by atoms with Crippen LogP contribution in [0.1, 0.15) is 35.8 Å². The van der Waals surface area contributed by atoms with E-state index in [1.54, 1.807) is 35.2 Å². The first kappa shape index (κ1) is 25.5. The molecule has 2 unspecified atom stereocenters. The average molecular weight is 518 g/mol. The molecule has 4 nitrogen and oxygen atoms in total. The van der Waals surface area contributed by atoms with Gasteiger partial charge in [-0.15, -0.1) is 0 Å². The highest BCUT2D eigenvalue weighted by molar-refractivity contribution is 6.30. The number of alkyl halides is 6. The average Bonchev–Trinajstić information content (AvgIpc) is 3.27. The van der Waals surface area contributed by atoms with Crippen molar-refractivity contribution in [1.82, 2.24) is 15.0 Å². The third-order valence-electron chi connectivity index (χ3n) is 6.12. The molecule has 0 N–H and O–H groups in total. The first-order chi connectivity index (χ1) is 16.5. The molecule has 1 saturated heterocycles. The van der Waals surface area contributed by atoms with Crippen LogP contribution < -0.4 is 0 Å². The van der Waals surface area contributed by atoms with E-state index in [0.29, 0.717) is 35.5 Å². The minimum Gasteiger partial charge on any atom is -0.339 e. The van der Waals surface area contributed by atoms with Crippen molar-refractivity contribution in [3.8, 4) is 11.4 Å². The van der Waals surface area contributed by atoms with Crippen LogP contribution >= 0.6 is 11.6 Å². The summed E-state index contributed by atoms with van der Waals surface area (Å²) in [4.78, 5) is 5.76. The fraction of sp³-hybridized carbons (Fsp3) is 0.417. The number of nitrogens with zero attached hydrogens (tertiary/aromatic N) is 3. The number of likely N-dealkylation sites (tertiary alicyclic amines) is 1. The topological polar surface area (TPSA) is 42.2 Å². The van der Waals surface area contributed by atoms with E-state index in [1.807, 2.05) is 0 Å². The third kappa shape index (κ3) is 6.55. The summed E-state index contributed by atoms with van der Waals surface area (Å²) in [5.41, 5.74) is 0.290. The van der Waals surface area contributed by atoms with Crippen molar-refractivity contribution in [1.29, 1.82) is 0 Å². The molecular weight excluding hydrogens is 496 g/mol. The molecule has 0 spiro atoms. The molecule has 2 aromatic carbocycles. The molecule has 0 amide bonds. The number of hydrogen-bond acceptors (Lipinski definition) is 4. The fourth-order valence-electron chi connectivity index (χ4n) is 4.32. The van der Waals surface area contributed by atoms with Gasteiger partial charge in [0.15, 0.2) is 0 Å². The van der Waals surface area contributed by atoms with Crippen molar-refractivity contribution in [3.05, 3.63) is 70.6 Å². The predicted octanol–water partition coefficient (Wildman–Crippen LogP) is 7.01. The first-order valence-electron chi connectivity index (χ1n) is 11.0. The van der Waals surface area contributed by atoms with E-state index in [4.69, 9.17) is 16.1 Å². The lowest BCUT2D eigenvalue weighted by Crippen LogP contribution is -2.42. The van der Waals surface area contributed by atoms with Crippen LogP contribution in [0.5, 0.6) is 0 Å². The van der Waals surface area contributed by atoms with Crippen LogP contribution in [-0.2, 0) is 12.6 Å². The van der Waals surface area contributed by atoms with Gasteiger partial charge >= 0.3 is 12.4 Å². The normalized spacial score (nSPS) is 18.5. The summed E-state index contributed by atoms with van der Waals surface area (Å²) in [6.07, 6.45) is -8.27. The second-order valence-corrected chi connectivity index (χ2v) is 9.12. The number of halogens is 7. The van der Waals surface area contributed by atoms with Crippen LogP contribution in [0, 0.1) is 5.92 Å². The molecule has 11 heteroatoms. The molecule has 2 atom stereocenters. The molecule has 0 aliphatic carbocycles. The summed E-state index contributed by atoms with van der Waals surface area (Å²) < 4.78 is 86.0. The smallest absolute Gasteiger partial charge is 0.339 e. The van der Waals surface area contributed by atoms with Gasteiger partial charge < -0.3 is 9.42 Å². The van der Waals surface area contributed by atoms with E-state index in [2.05, 4.69) is 10.1 Å². The standard InChI is InChI=1S/C24H22ClF6N3O/c25-20-8-6-15(7-9-20)22-32-21(35-33-22)12-19(24(29,30)31)14-34-10-2-4-17(13-34)16-3-1-5-18(11-16)23(26,27)28/h1,3,5-9,11,17,19H,2,4,10,12-14H2. The first-order valence-corrected chi connectivity index (χ1v) is 11.4. The van der Waals surface area contributed by atoms with Gasteiger partial charge in [-0.05, 0) is 61.2 Å². The molecule has 4 rings (SSSR count). The second-order valence-electron chi connectivity index (χ2n) is 8.68. The maximum Gasteiger partial charge on any atom is 0.416 e. The SMILES string of the molecule is FC(F)(F)c1cccc(C2CCCN(CC(Cc3nc(-c4ccc(Cl)cc4)no3)C(F)(F)F)C2)c1. The molecule has 3 aromatic rings. The van der Waals surface area contributed by atoms with E-state index in [9.17, 15) is 26.3 Å². The fourth-order valence-corrected chi connectivity index (χ4v) is 4.45. The quantitative estimate of drug-likeness (QED) is 0.330. The minimum atomic E-state index is -4.52. The summed E-state index contributed by atoms with van der Waals surface area (Å²) in [6, 6.07) is 11.5. The highest BCUT2D eigenvalue weighted by Gasteiger charge is 2.42. The van der Waals surface area contributed by atoms with Crippen LogP contribution in [-0.4, -0.2) is 40.9 Å². The van der Waals surface area contributed by atoms with Crippen LogP contribution in [0.3, 0.4) is 0 Å². The van der Waals surface area contributed by atoms with Crippen molar-refractivity contribution >= 4 is 11.6 Å². The maximum atomic E-state index is 13.9. The molecule has 0 saturated carbocycles. The summed E-state index contributed by atoms with van der Waals surface area (Å²) in [7, 11) is 0. The van der Waals surface area contributed by atoms with Gasteiger partial charge in [0, 0.05) is 30.1 Å². The lowest BCUT2D eigenvalue weighted by atomic mass is 9.89. The summed E-state index contributed by atoms with van der Waals surface area (Å²) in [6.45, 7) is 0.368. The van der Waals surface area contributed by atoms with Crippen molar-refractivity contribution < 1.29 is 30.9 Å². The molecule has 0 radical (unpaired) electrons. The molecule has 1 aliphatic heterocycles. The maximum absolute atomic E-state index is 13.9. The Hall–Kier alpha value is -2.59. The van der Waals surface area contributed by atoms with Crippen molar-refractivity contribution in [3.63, 3.8) is 0 Å². The van der Waals surface area contributed by atoms with Crippen LogP contribution in [0.4, 0.5) is 26.3 Å². The Morgan fingerprint density at radius 3 is 2.49 bits per heavy atom. The van der Waals surface area contributed by atoms with Gasteiger partial charge in [0.25, 0.3) is 0 Å². The van der Waals surface area contributed by atoms with Gasteiger partial charge in [0.1, 0.15) is 0 Å². The van der Waals surface area contributed by atoms with E-state index >= 15 is 0 Å². The highest BCUT2D eigenvalue weighted by Crippen LogP contribution is 2.35. The zero-order chi connectivity index (χ0) is 25.2. The largest absolute Gasteiger partial charge is 0.416 e. The van der Waals surface area contributed by atoms with E-state index in [0.717, 1.165) is 12.1 Å². The molecule has 2 heterocycles. The molecule has 1 fully saturated rings. The molecular formula is C24H22ClF6N3O. The molecule has 188 valence electrons. The van der Waals surface area contributed by atoms with Crippen molar-refractivity contribution in [2.45, 2.75) is 37.5 Å². The minimum absolute atomic E-state index is 0.135. The number of hydrogen-bond donors (Lipinski definition) is 0. The zero-order valence-corrected chi connectivity index (χ0v) is 19.2. The predicted molar refractivity (Wildman–Crippen MR) is 118 cm³/mol. The third-order valence-corrected chi connectivity index (χ3v) is 6.38. The Morgan fingerprint density at radius 2 is 1.80 bits per heavy atom. The van der Waals surface area contributed by atoms with Gasteiger partial charge in [-0.25, -0.2) is 0 Å². The van der Waals surface area contributed by atoms with Crippen molar-refractivity contribution in [2.75, 3.05) is 19.6 Å². The lowest BCUT2D eigenvalue weighted by molar-refractivity contribution is -0.180. The van der Waals surface area contributed by atoms with E-state index in [-0.39, 0.29) is 30.7 Å². The van der Waals surface area contributed by atoms with E-state index in [1.165, 1.54) is 6.07 Å². The van der Waals surface area contributed by atoms with Gasteiger partial charge in [-0.2, -0.15) is 31.3 Å². The van der Waals surface area contributed by atoms with Gasteiger partial charge in [-0.3, -0.25) is 0 Å². The van der Waals surface area contributed by atoms with E-state index < -0.39 is 30.3 Å². The molecule has 35 heavy (non-hydrogen) atoms. The number of benzene rings is 2. The number of piperidine rings is 1. The van der Waals surface area contributed by atoms with Crippen molar-refractivity contribution in [2.24, 2.45) is 5.92 Å². The Balaban J connectivity index is 1.45. The summed E-state index contributed by atoms with van der Waals surface area (Å²) in [5.74, 6) is -2.01. The Kier molecular flexibility index (Phi) is 7.42. The number of aromatic nitrogens is 2. The Labute approximate surface area is 202 Å².